The summed E-state index contributed by atoms with van der Waals surface area (Å²) in [5, 5.41) is 14.4. The van der Waals surface area contributed by atoms with Crippen LogP contribution in [0, 0.1) is 20.8 Å². The second kappa shape index (κ2) is 5.94. The van der Waals surface area contributed by atoms with Crippen LogP contribution in [0.4, 0.5) is 10.5 Å². The molecule has 1 aromatic rings. The Hall–Kier alpha value is -2.04. The second-order valence-electron chi connectivity index (χ2n) is 5.34. The SMILES string of the molecule is CCC(C)(NC(=O)Nc1c(C)cc(C)cc1C)C(=O)O. The number of carbonyl (C=O) groups is 2. The summed E-state index contributed by atoms with van der Waals surface area (Å²) >= 11 is 0. The van der Waals surface area contributed by atoms with Crippen molar-refractivity contribution in [1.29, 1.82) is 0 Å². The molecule has 0 fully saturated rings. The molecular formula is C15H22N2O3. The summed E-state index contributed by atoms with van der Waals surface area (Å²) in [5.74, 6) is -1.05. The quantitative estimate of drug-likeness (QED) is 0.792. The summed E-state index contributed by atoms with van der Waals surface area (Å²) < 4.78 is 0. The summed E-state index contributed by atoms with van der Waals surface area (Å²) in [6, 6.07) is 3.43. The van der Waals surface area contributed by atoms with Gasteiger partial charge in [0.25, 0.3) is 0 Å². The van der Waals surface area contributed by atoms with Crippen molar-refractivity contribution in [1.82, 2.24) is 5.32 Å². The molecule has 0 radical (unpaired) electrons. The Morgan fingerprint density at radius 3 is 2.10 bits per heavy atom. The molecule has 3 N–H and O–H groups in total. The van der Waals surface area contributed by atoms with Gasteiger partial charge in [0.15, 0.2) is 0 Å². The lowest BCUT2D eigenvalue weighted by Crippen LogP contribution is -2.53. The minimum atomic E-state index is -1.27. The van der Waals surface area contributed by atoms with Gasteiger partial charge in [-0.05, 0) is 45.2 Å². The number of carbonyl (C=O) groups excluding carboxylic acids is 1. The van der Waals surface area contributed by atoms with Gasteiger partial charge < -0.3 is 15.7 Å². The van der Waals surface area contributed by atoms with E-state index in [4.69, 9.17) is 5.11 Å². The maximum Gasteiger partial charge on any atom is 0.329 e. The fourth-order valence-corrected chi connectivity index (χ4v) is 2.07. The van der Waals surface area contributed by atoms with Crippen LogP contribution >= 0.6 is 0 Å². The van der Waals surface area contributed by atoms with Crippen molar-refractivity contribution >= 4 is 17.7 Å². The zero-order valence-corrected chi connectivity index (χ0v) is 12.6. The van der Waals surface area contributed by atoms with E-state index in [1.54, 1.807) is 6.92 Å². The van der Waals surface area contributed by atoms with Crippen molar-refractivity contribution in [3.05, 3.63) is 28.8 Å². The van der Waals surface area contributed by atoms with Gasteiger partial charge in [-0.3, -0.25) is 0 Å². The van der Waals surface area contributed by atoms with Crippen molar-refractivity contribution in [3.63, 3.8) is 0 Å². The predicted octanol–water partition coefficient (Wildman–Crippen LogP) is 2.99. The molecule has 20 heavy (non-hydrogen) atoms. The van der Waals surface area contributed by atoms with Crippen LogP contribution in [0.25, 0.3) is 0 Å². The fraction of sp³-hybridized carbons (Fsp3) is 0.467. The van der Waals surface area contributed by atoms with Crippen LogP contribution in [0.5, 0.6) is 0 Å². The summed E-state index contributed by atoms with van der Waals surface area (Å²) in [5.41, 5.74) is 2.47. The van der Waals surface area contributed by atoms with E-state index in [-0.39, 0.29) is 0 Å². The highest BCUT2D eigenvalue weighted by atomic mass is 16.4. The number of hydrogen-bond acceptors (Lipinski definition) is 2. The highest BCUT2D eigenvalue weighted by molar-refractivity contribution is 5.94. The number of benzene rings is 1. The molecule has 0 aromatic heterocycles. The molecule has 0 saturated heterocycles. The lowest BCUT2D eigenvalue weighted by Gasteiger charge is -2.25. The summed E-state index contributed by atoms with van der Waals surface area (Å²) in [6.07, 6.45) is 0.307. The van der Waals surface area contributed by atoms with Gasteiger partial charge >= 0.3 is 12.0 Å². The van der Waals surface area contributed by atoms with Crippen LogP contribution in [-0.4, -0.2) is 22.6 Å². The molecule has 1 aromatic carbocycles. The molecule has 0 aliphatic rings. The van der Waals surface area contributed by atoms with E-state index in [1.165, 1.54) is 6.92 Å². The Labute approximate surface area is 119 Å². The number of carboxylic acid groups (broad SMARTS) is 1. The molecule has 110 valence electrons. The van der Waals surface area contributed by atoms with Gasteiger partial charge in [0.1, 0.15) is 5.54 Å². The fourth-order valence-electron chi connectivity index (χ4n) is 2.07. The molecular weight excluding hydrogens is 256 g/mol. The molecule has 1 rings (SSSR count). The topological polar surface area (TPSA) is 78.4 Å². The standard InChI is InChI=1S/C15H22N2O3/c1-6-15(5,13(18)19)17-14(20)16-12-10(3)7-9(2)8-11(12)4/h7-8H,6H2,1-5H3,(H,18,19)(H2,16,17,20). The maximum atomic E-state index is 12.0. The van der Waals surface area contributed by atoms with E-state index >= 15 is 0 Å². The summed E-state index contributed by atoms with van der Waals surface area (Å²) in [6.45, 7) is 9.01. The first-order valence-corrected chi connectivity index (χ1v) is 6.60. The van der Waals surface area contributed by atoms with Crippen LogP contribution < -0.4 is 10.6 Å². The highest BCUT2D eigenvalue weighted by Crippen LogP contribution is 2.22. The number of urea groups is 1. The van der Waals surface area contributed by atoms with Crippen LogP contribution in [-0.2, 0) is 4.79 Å². The van der Waals surface area contributed by atoms with E-state index < -0.39 is 17.5 Å². The number of aliphatic carboxylic acids is 1. The summed E-state index contributed by atoms with van der Waals surface area (Å²) in [4.78, 5) is 23.2. The first-order valence-electron chi connectivity index (χ1n) is 6.60. The Kier molecular flexibility index (Phi) is 4.76. The smallest absolute Gasteiger partial charge is 0.329 e. The van der Waals surface area contributed by atoms with Gasteiger partial charge in [0.05, 0.1) is 0 Å². The zero-order valence-electron chi connectivity index (χ0n) is 12.6. The van der Waals surface area contributed by atoms with E-state index in [9.17, 15) is 9.59 Å². The molecule has 0 saturated carbocycles. The third-order valence-electron chi connectivity index (χ3n) is 3.48. The molecule has 1 atom stereocenters. The number of carboxylic acids is 1. The van der Waals surface area contributed by atoms with Gasteiger partial charge in [-0.25, -0.2) is 9.59 Å². The molecule has 0 heterocycles. The van der Waals surface area contributed by atoms with Crippen LogP contribution in [0.2, 0.25) is 0 Å². The molecule has 2 amide bonds. The minimum absolute atomic E-state index is 0.307. The van der Waals surface area contributed by atoms with Crippen LogP contribution in [0.15, 0.2) is 12.1 Å². The van der Waals surface area contributed by atoms with Gasteiger partial charge in [-0.15, -0.1) is 0 Å². The van der Waals surface area contributed by atoms with Crippen LogP contribution in [0.3, 0.4) is 0 Å². The first kappa shape index (κ1) is 16.0. The Morgan fingerprint density at radius 2 is 1.70 bits per heavy atom. The van der Waals surface area contributed by atoms with Gasteiger partial charge in [0.2, 0.25) is 0 Å². The molecule has 0 aliphatic carbocycles. The molecule has 0 aliphatic heterocycles. The average Bonchev–Trinajstić information content (AvgIpc) is 2.33. The van der Waals surface area contributed by atoms with Gasteiger partial charge in [-0.1, -0.05) is 24.6 Å². The molecule has 0 bridgehead atoms. The molecule has 5 heteroatoms. The Bertz CT molecular complexity index is 517. The maximum absolute atomic E-state index is 12.0. The number of nitrogens with one attached hydrogen (secondary N) is 2. The largest absolute Gasteiger partial charge is 0.480 e. The number of amides is 2. The van der Waals surface area contributed by atoms with Crippen molar-refractivity contribution in [2.45, 2.75) is 46.6 Å². The van der Waals surface area contributed by atoms with Crippen molar-refractivity contribution in [3.8, 4) is 0 Å². The van der Waals surface area contributed by atoms with Crippen molar-refractivity contribution in [2.75, 3.05) is 5.32 Å². The molecule has 5 nitrogen and oxygen atoms in total. The van der Waals surface area contributed by atoms with Crippen molar-refractivity contribution < 1.29 is 14.7 Å². The highest BCUT2D eigenvalue weighted by Gasteiger charge is 2.32. The minimum Gasteiger partial charge on any atom is -0.480 e. The van der Waals surface area contributed by atoms with E-state index in [0.29, 0.717) is 6.42 Å². The zero-order chi connectivity index (χ0) is 15.5. The van der Waals surface area contributed by atoms with Crippen LogP contribution in [0.1, 0.15) is 37.0 Å². The Balaban J connectivity index is 2.90. The summed E-state index contributed by atoms with van der Waals surface area (Å²) in [7, 11) is 0. The monoisotopic (exact) mass is 278 g/mol. The molecule has 1 unspecified atom stereocenters. The second-order valence-corrected chi connectivity index (χ2v) is 5.34. The van der Waals surface area contributed by atoms with E-state index in [0.717, 1.165) is 22.4 Å². The average molecular weight is 278 g/mol. The number of hydrogen-bond donors (Lipinski definition) is 3. The number of aryl methyl sites for hydroxylation is 3. The Morgan fingerprint density at radius 1 is 1.20 bits per heavy atom. The lowest BCUT2D eigenvalue weighted by atomic mass is 9.99. The van der Waals surface area contributed by atoms with Crippen molar-refractivity contribution in [2.24, 2.45) is 0 Å². The van der Waals surface area contributed by atoms with E-state index in [1.807, 2.05) is 32.9 Å². The third-order valence-corrected chi connectivity index (χ3v) is 3.48. The lowest BCUT2D eigenvalue weighted by molar-refractivity contribution is -0.143. The van der Waals surface area contributed by atoms with Gasteiger partial charge in [-0.2, -0.15) is 0 Å². The third kappa shape index (κ3) is 3.50. The first-order chi connectivity index (χ1) is 9.19. The molecule has 0 spiro atoms. The number of anilines is 1. The normalized spacial score (nSPS) is 13.4. The number of rotatable bonds is 4. The van der Waals surface area contributed by atoms with E-state index in [2.05, 4.69) is 10.6 Å². The van der Waals surface area contributed by atoms with Gasteiger partial charge in [0, 0.05) is 5.69 Å². The predicted molar refractivity (Wildman–Crippen MR) is 79.1 cm³/mol.